The second-order valence-corrected chi connectivity index (χ2v) is 4.40. The number of amides is 2. The number of hydrogen-bond donors (Lipinski definition) is 5. The van der Waals surface area contributed by atoms with Crippen molar-refractivity contribution in [3.63, 3.8) is 0 Å². The summed E-state index contributed by atoms with van der Waals surface area (Å²) in [6.07, 6.45) is 3.10. The van der Waals surface area contributed by atoms with Crippen molar-refractivity contribution in [3.05, 3.63) is 12.3 Å². The molecule has 1 saturated heterocycles. The van der Waals surface area contributed by atoms with Crippen molar-refractivity contribution in [2.75, 3.05) is 6.61 Å². The zero-order valence-corrected chi connectivity index (χ0v) is 9.93. The van der Waals surface area contributed by atoms with E-state index < -0.39 is 42.8 Å². The van der Waals surface area contributed by atoms with Gasteiger partial charge in [0.1, 0.15) is 18.3 Å². The summed E-state index contributed by atoms with van der Waals surface area (Å²) in [6, 6.07) is -0.669. The van der Waals surface area contributed by atoms with Gasteiger partial charge in [0.15, 0.2) is 11.9 Å². The van der Waals surface area contributed by atoms with Gasteiger partial charge >= 0.3 is 6.03 Å². The molecule has 104 valence electrons. The second kappa shape index (κ2) is 4.80. The maximum absolute atomic E-state index is 11.9. The van der Waals surface area contributed by atoms with E-state index in [0.717, 1.165) is 4.90 Å². The average molecular weight is 269 g/mol. The topological polar surface area (TPSA) is 128 Å². The van der Waals surface area contributed by atoms with E-state index in [2.05, 4.69) is 11.2 Å². The number of carbonyl (C=O) groups is 1. The number of rotatable bonds is 2. The third-order valence-corrected chi connectivity index (χ3v) is 3.08. The summed E-state index contributed by atoms with van der Waals surface area (Å²) in [4.78, 5) is 12.9. The highest BCUT2D eigenvalue weighted by molar-refractivity contribution is 5.79. The SMILES string of the molecule is C#CC1(N)C=CN([C@@H]2O[C@H](CO)[C@@H](O)[C@H]2O)C(=O)N1. The summed E-state index contributed by atoms with van der Waals surface area (Å²) in [7, 11) is 0. The number of terminal acetylenes is 1. The van der Waals surface area contributed by atoms with Crippen molar-refractivity contribution >= 4 is 6.03 Å². The predicted octanol–water partition coefficient (Wildman–Crippen LogP) is -2.75. The van der Waals surface area contributed by atoms with Crippen LogP contribution >= 0.6 is 0 Å². The van der Waals surface area contributed by atoms with Gasteiger partial charge in [-0.3, -0.25) is 10.6 Å². The lowest BCUT2D eigenvalue weighted by molar-refractivity contribution is -0.0665. The van der Waals surface area contributed by atoms with Crippen LogP contribution in [0.15, 0.2) is 12.3 Å². The number of aliphatic hydroxyl groups excluding tert-OH is 3. The molecule has 0 aromatic heterocycles. The molecule has 0 radical (unpaired) electrons. The summed E-state index contributed by atoms with van der Waals surface area (Å²) in [6.45, 7) is -0.473. The molecule has 1 fully saturated rings. The van der Waals surface area contributed by atoms with Crippen LogP contribution in [0.3, 0.4) is 0 Å². The molecule has 0 aliphatic carbocycles. The van der Waals surface area contributed by atoms with Crippen molar-refractivity contribution in [3.8, 4) is 12.3 Å². The Morgan fingerprint density at radius 3 is 2.74 bits per heavy atom. The quantitative estimate of drug-likeness (QED) is 0.346. The summed E-state index contributed by atoms with van der Waals surface area (Å²) < 4.78 is 5.22. The Hall–Kier alpha value is -1.63. The third-order valence-electron chi connectivity index (χ3n) is 3.08. The van der Waals surface area contributed by atoms with Gasteiger partial charge in [-0.25, -0.2) is 4.79 Å². The lowest BCUT2D eigenvalue weighted by Crippen LogP contribution is -2.62. The van der Waals surface area contributed by atoms with Gasteiger partial charge in [-0.15, -0.1) is 6.42 Å². The first-order chi connectivity index (χ1) is 8.91. The van der Waals surface area contributed by atoms with Gasteiger partial charge in [0.2, 0.25) is 0 Å². The summed E-state index contributed by atoms with van der Waals surface area (Å²) in [5.74, 6) is 2.20. The Morgan fingerprint density at radius 2 is 2.26 bits per heavy atom. The highest BCUT2D eigenvalue weighted by Gasteiger charge is 2.47. The molecular formula is C11H15N3O5. The first-order valence-electron chi connectivity index (χ1n) is 5.61. The zero-order valence-electron chi connectivity index (χ0n) is 9.93. The van der Waals surface area contributed by atoms with Crippen LogP contribution in [-0.4, -0.2) is 63.1 Å². The van der Waals surface area contributed by atoms with Crippen molar-refractivity contribution in [1.82, 2.24) is 10.2 Å². The molecule has 8 heteroatoms. The van der Waals surface area contributed by atoms with E-state index in [-0.39, 0.29) is 0 Å². The third kappa shape index (κ3) is 2.30. The monoisotopic (exact) mass is 269 g/mol. The molecule has 19 heavy (non-hydrogen) atoms. The predicted molar refractivity (Wildman–Crippen MR) is 63.0 cm³/mol. The Labute approximate surface area is 109 Å². The van der Waals surface area contributed by atoms with E-state index in [9.17, 15) is 15.0 Å². The highest BCUT2D eigenvalue weighted by Crippen LogP contribution is 2.25. The molecule has 2 aliphatic rings. The molecule has 8 nitrogen and oxygen atoms in total. The van der Waals surface area contributed by atoms with Crippen molar-refractivity contribution in [2.45, 2.75) is 30.2 Å². The number of carbonyl (C=O) groups excluding carboxylic acids is 1. The van der Waals surface area contributed by atoms with Crippen LogP contribution in [0.1, 0.15) is 0 Å². The maximum atomic E-state index is 11.9. The number of nitrogens with two attached hydrogens (primary N) is 1. The van der Waals surface area contributed by atoms with E-state index in [1.54, 1.807) is 0 Å². The minimum atomic E-state index is -1.40. The van der Waals surface area contributed by atoms with Gasteiger partial charge in [0.05, 0.1) is 6.61 Å². The Bertz CT molecular complexity index is 448. The number of aliphatic hydroxyl groups is 3. The van der Waals surface area contributed by atoms with Crippen LogP contribution in [0.25, 0.3) is 0 Å². The largest absolute Gasteiger partial charge is 0.394 e. The molecule has 0 saturated carbocycles. The Morgan fingerprint density at radius 1 is 1.58 bits per heavy atom. The normalized spacial score (nSPS) is 42.1. The smallest absolute Gasteiger partial charge is 0.326 e. The van der Waals surface area contributed by atoms with Gasteiger partial charge in [0, 0.05) is 6.20 Å². The van der Waals surface area contributed by atoms with Crippen LogP contribution in [0.2, 0.25) is 0 Å². The fraction of sp³-hybridized carbons (Fsp3) is 0.545. The molecule has 5 atom stereocenters. The van der Waals surface area contributed by atoms with Crippen LogP contribution in [0.4, 0.5) is 4.79 Å². The first kappa shape index (κ1) is 13.8. The van der Waals surface area contributed by atoms with Gasteiger partial charge < -0.3 is 25.4 Å². The molecule has 0 bridgehead atoms. The number of ether oxygens (including phenoxy) is 1. The van der Waals surface area contributed by atoms with Gasteiger partial charge in [-0.2, -0.15) is 0 Å². The van der Waals surface area contributed by atoms with E-state index >= 15 is 0 Å². The number of nitrogens with one attached hydrogen (secondary N) is 1. The number of nitrogens with zero attached hydrogens (tertiary/aromatic N) is 1. The van der Waals surface area contributed by atoms with Crippen LogP contribution in [-0.2, 0) is 4.74 Å². The highest BCUT2D eigenvalue weighted by atomic mass is 16.6. The van der Waals surface area contributed by atoms with Crippen molar-refractivity contribution in [1.29, 1.82) is 0 Å². The van der Waals surface area contributed by atoms with Crippen LogP contribution < -0.4 is 11.1 Å². The summed E-state index contributed by atoms with van der Waals surface area (Å²) in [5.41, 5.74) is 4.25. The average Bonchev–Trinajstić information content (AvgIpc) is 2.67. The van der Waals surface area contributed by atoms with Crippen molar-refractivity contribution < 1.29 is 24.9 Å². The van der Waals surface area contributed by atoms with E-state index in [1.165, 1.54) is 12.3 Å². The molecular weight excluding hydrogens is 254 g/mol. The van der Waals surface area contributed by atoms with E-state index in [0.29, 0.717) is 0 Å². The fourth-order valence-electron chi connectivity index (χ4n) is 1.94. The van der Waals surface area contributed by atoms with E-state index in [4.69, 9.17) is 22.0 Å². The molecule has 0 spiro atoms. The number of hydrogen-bond acceptors (Lipinski definition) is 6. The minimum Gasteiger partial charge on any atom is -0.394 e. The first-order valence-corrected chi connectivity index (χ1v) is 5.61. The van der Waals surface area contributed by atoms with Gasteiger partial charge in [-0.1, -0.05) is 5.92 Å². The molecule has 1 unspecified atom stereocenters. The molecule has 2 amide bonds. The molecule has 6 N–H and O–H groups in total. The minimum absolute atomic E-state index is 0.473. The Kier molecular flexibility index (Phi) is 3.49. The molecule has 2 aliphatic heterocycles. The van der Waals surface area contributed by atoms with E-state index in [1.807, 2.05) is 0 Å². The van der Waals surface area contributed by atoms with Crippen molar-refractivity contribution in [2.24, 2.45) is 5.73 Å². The second-order valence-electron chi connectivity index (χ2n) is 4.40. The fourth-order valence-corrected chi connectivity index (χ4v) is 1.94. The lowest BCUT2D eigenvalue weighted by Gasteiger charge is -2.35. The molecule has 2 heterocycles. The van der Waals surface area contributed by atoms with Gasteiger partial charge in [-0.05, 0) is 6.08 Å². The van der Waals surface area contributed by atoms with Crippen LogP contribution in [0.5, 0.6) is 0 Å². The van der Waals surface area contributed by atoms with Gasteiger partial charge in [0.25, 0.3) is 0 Å². The molecule has 0 aromatic carbocycles. The lowest BCUT2D eigenvalue weighted by atomic mass is 10.1. The maximum Gasteiger partial charge on any atom is 0.326 e. The van der Waals surface area contributed by atoms with Crippen LogP contribution in [0, 0.1) is 12.3 Å². The summed E-state index contributed by atoms with van der Waals surface area (Å²) in [5, 5.41) is 30.7. The Balaban J connectivity index is 2.18. The summed E-state index contributed by atoms with van der Waals surface area (Å²) >= 11 is 0. The number of urea groups is 1. The molecule has 2 rings (SSSR count). The standard InChI is InChI=1S/C11H15N3O5/c1-2-11(12)3-4-14(10(18)13-11)9-8(17)7(16)6(5-15)19-9/h1,3-4,6-9,15-17H,5,12H2,(H,13,18)/t6-,7-,8-,9-,11?/m1/s1. The zero-order chi connectivity index (χ0) is 14.2. The molecule has 0 aromatic rings.